The van der Waals surface area contributed by atoms with Crippen LogP contribution in [0.15, 0.2) is 24.3 Å². The van der Waals surface area contributed by atoms with Crippen molar-refractivity contribution in [3.63, 3.8) is 0 Å². The Bertz CT molecular complexity index is 618. The lowest BCUT2D eigenvalue weighted by Crippen LogP contribution is -2.54. The van der Waals surface area contributed by atoms with Crippen molar-refractivity contribution in [2.45, 2.75) is 18.3 Å². The van der Waals surface area contributed by atoms with E-state index in [0.717, 1.165) is 9.87 Å². The number of rotatable bonds is 5. The molecule has 1 amide bonds. The number of hydrogen-bond acceptors (Lipinski definition) is 5. The highest BCUT2D eigenvalue weighted by Gasteiger charge is 2.36. The highest BCUT2D eigenvalue weighted by atomic mass is 32.2. The number of sulfonamides is 1. The fourth-order valence-corrected chi connectivity index (χ4v) is 3.96. The second-order valence-corrected chi connectivity index (χ2v) is 6.81. The molecule has 8 heteroatoms. The first-order valence-electron chi connectivity index (χ1n) is 6.58. The van der Waals surface area contributed by atoms with Crippen molar-refractivity contribution >= 4 is 15.9 Å². The zero-order chi connectivity index (χ0) is 15.5. The Morgan fingerprint density at radius 2 is 2.10 bits per heavy atom. The molecule has 0 bridgehead atoms. The van der Waals surface area contributed by atoms with Gasteiger partial charge in [-0.25, -0.2) is 8.42 Å². The van der Waals surface area contributed by atoms with Crippen molar-refractivity contribution in [2.24, 2.45) is 11.5 Å². The molecule has 0 aromatic heterocycles. The van der Waals surface area contributed by atoms with E-state index in [1.165, 1.54) is 0 Å². The Morgan fingerprint density at radius 1 is 1.38 bits per heavy atom. The lowest BCUT2D eigenvalue weighted by Gasteiger charge is -2.32. The number of nitrogens with two attached hydrogens (primary N) is 2. The summed E-state index contributed by atoms with van der Waals surface area (Å²) in [5.74, 6) is -0.890. The Morgan fingerprint density at radius 3 is 2.76 bits per heavy atom. The van der Waals surface area contributed by atoms with Gasteiger partial charge in [-0.05, 0) is 11.1 Å². The summed E-state index contributed by atoms with van der Waals surface area (Å²) in [5, 5.41) is 0. The Labute approximate surface area is 123 Å². The third-order valence-electron chi connectivity index (χ3n) is 3.34. The van der Waals surface area contributed by atoms with Crippen LogP contribution in [-0.2, 0) is 31.9 Å². The maximum Gasteiger partial charge on any atom is 0.238 e. The summed E-state index contributed by atoms with van der Waals surface area (Å²) in [6.07, 6.45) is 0. The topological polar surface area (TPSA) is 116 Å². The minimum Gasteiger partial charge on any atom is -0.378 e. The molecular weight excluding hydrogens is 294 g/mol. The second kappa shape index (κ2) is 6.52. The first-order chi connectivity index (χ1) is 9.94. The van der Waals surface area contributed by atoms with Crippen LogP contribution < -0.4 is 11.5 Å². The molecule has 0 spiro atoms. The molecule has 2 rings (SSSR count). The summed E-state index contributed by atoms with van der Waals surface area (Å²) in [4.78, 5) is 11.4. The summed E-state index contributed by atoms with van der Waals surface area (Å²) >= 11 is 0. The Kier molecular flexibility index (Phi) is 4.94. The zero-order valence-electron chi connectivity index (χ0n) is 11.6. The van der Waals surface area contributed by atoms with Crippen LogP contribution in [0.2, 0.25) is 0 Å². The summed E-state index contributed by atoms with van der Waals surface area (Å²) < 4.78 is 31.3. The molecule has 1 heterocycles. The molecule has 1 aromatic carbocycles. The number of carbonyl (C=O) groups excluding carboxylic acids is 1. The third-order valence-corrected chi connectivity index (χ3v) is 5.19. The van der Waals surface area contributed by atoms with Crippen LogP contribution in [0.4, 0.5) is 0 Å². The van der Waals surface area contributed by atoms with Crippen LogP contribution in [0, 0.1) is 0 Å². The van der Waals surface area contributed by atoms with Crippen molar-refractivity contribution in [3.05, 3.63) is 35.4 Å². The minimum absolute atomic E-state index is 0.00258. The van der Waals surface area contributed by atoms with Crippen molar-refractivity contribution in [1.29, 1.82) is 0 Å². The number of nitrogens with zero attached hydrogens (tertiary/aromatic N) is 1. The first-order valence-corrected chi connectivity index (χ1v) is 8.19. The molecule has 1 aromatic rings. The standard InChI is InChI=1S/C13H19N3O4S/c14-7-10-2-1-3-11(6-10)9-21(18,19)16-4-5-20-8-12(16)13(15)17/h1-3,6,12H,4-5,7-9,14H2,(H2,15,17). The third kappa shape index (κ3) is 3.79. The molecule has 0 saturated carbocycles. The molecule has 1 aliphatic heterocycles. The largest absolute Gasteiger partial charge is 0.378 e. The maximum absolute atomic E-state index is 12.5. The lowest BCUT2D eigenvalue weighted by atomic mass is 10.1. The molecule has 1 unspecified atom stereocenters. The van der Waals surface area contributed by atoms with Crippen LogP contribution in [0.25, 0.3) is 0 Å². The SMILES string of the molecule is NCc1cccc(CS(=O)(=O)N2CCOCC2C(N)=O)c1. The van der Waals surface area contributed by atoms with Gasteiger partial charge < -0.3 is 16.2 Å². The summed E-state index contributed by atoms with van der Waals surface area (Å²) in [7, 11) is -3.64. The second-order valence-electron chi connectivity index (χ2n) is 4.88. The van der Waals surface area contributed by atoms with Gasteiger partial charge in [0.1, 0.15) is 6.04 Å². The quantitative estimate of drug-likeness (QED) is 0.735. The average Bonchev–Trinajstić information content (AvgIpc) is 2.47. The summed E-state index contributed by atoms with van der Waals surface area (Å²) in [6.45, 7) is 0.727. The van der Waals surface area contributed by atoms with Gasteiger partial charge in [-0.2, -0.15) is 4.31 Å². The molecule has 116 valence electrons. The predicted molar refractivity (Wildman–Crippen MR) is 77.5 cm³/mol. The van der Waals surface area contributed by atoms with E-state index in [-0.39, 0.29) is 25.5 Å². The molecule has 1 fully saturated rings. The van der Waals surface area contributed by atoms with Gasteiger partial charge in [0.2, 0.25) is 15.9 Å². The smallest absolute Gasteiger partial charge is 0.238 e. The van der Waals surface area contributed by atoms with E-state index in [9.17, 15) is 13.2 Å². The van der Waals surface area contributed by atoms with Gasteiger partial charge in [0, 0.05) is 13.1 Å². The Hall–Kier alpha value is -1.48. The highest BCUT2D eigenvalue weighted by Crippen LogP contribution is 2.17. The van der Waals surface area contributed by atoms with E-state index in [2.05, 4.69) is 0 Å². The predicted octanol–water partition coefficient (Wildman–Crippen LogP) is -0.839. The molecule has 1 atom stereocenters. The van der Waals surface area contributed by atoms with Gasteiger partial charge in [0.15, 0.2) is 0 Å². The summed E-state index contributed by atoms with van der Waals surface area (Å²) in [5.41, 5.74) is 12.3. The van der Waals surface area contributed by atoms with Gasteiger partial charge in [0.25, 0.3) is 0 Å². The highest BCUT2D eigenvalue weighted by molar-refractivity contribution is 7.88. The maximum atomic E-state index is 12.5. The fourth-order valence-electron chi connectivity index (χ4n) is 2.29. The monoisotopic (exact) mass is 313 g/mol. The van der Waals surface area contributed by atoms with Crippen LogP contribution in [0.5, 0.6) is 0 Å². The number of hydrogen-bond donors (Lipinski definition) is 2. The van der Waals surface area contributed by atoms with E-state index in [1.807, 2.05) is 6.07 Å². The van der Waals surface area contributed by atoms with Gasteiger partial charge in [0.05, 0.1) is 19.0 Å². The molecule has 0 radical (unpaired) electrons. The zero-order valence-corrected chi connectivity index (χ0v) is 12.4. The van der Waals surface area contributed by atoms with E-state index < -0.39 is 22.0 Å². The number of ether oxygens (including phenoxy) is 1. The molecule has 21 heavy (non-hydrogen) atoms. The Balaban J connectivity index is 2.21. The van der Waals surface area contributed by atoms with Crippen LogP contribution >= 0.6 is 0 Å². The van der Waals surface area contributed by atoms with Gasteiger partial charge in [-0.1, -0.05) is 24.3 Å². The van der Waals surface area contributed by atoms with E-state index in [0.29, 0.717) is 12.1 Å². The first kappa shape index (κ1) is 15.9. The molecule has 0 aliphatic carbocycles. The van der Waals surface area contributed by atoms with E-state index in [1.54, 1.807) is 18.2 Å². The van der Waals surface area contributed by atoms with Crippen molar-refractivity contribution < 1.29 is 17.9 Å². The minimum atomic E-state index is -3.64. The van der Waals surface area contributed by atoms with Crippen LogP contribution in [0.1, 0.15) is 11.1 Å². The summed E-state index contributed by atoms with van der Waals surface area (Å²) in [6, 6.07) is 6.12. The normalized spacial score (nSPS) is 20.3. The molecule has 4 N–H and O–H groups in total. The number of primary amides is 1. The number of carbonyl (C=O) groups is 1. The molecular formula is C13H19N3O4S. The van der Waals surface area contributed by atoms with Crippen LogP contribution in [-0.4, -0.2) is 44.4 Å². The van der Waals surface area contributed by atoms with Gasteiger partial charge in [-0.15, -0.1) is 0 Å². The number of benzene rings is 1. The van der Waals surface area contributed by atoms with Gasteiger partial charge >= 0.3 is 0 Å². The van der Waals surface area contributed by atoms with Crippen molar-refractivity contribution in [1.82, 2.24) is 4.31 Å². The lowest BCUT2D eigenvalue weighted by molar-refractivity contribution is -0.125. The molecule has 1 aliphatic rings. The fraction of sp³-hybridized carbons (Fsp3) is 0.462. The van der Waals surface area contributed by atoms with Crippen molar-refractivity contribution in [3.8, 4) is 0 Å². The van der Waals surface area contributed by atoms with Crippen molar-refractivity contribution in [2.75, 3.05) is 19.8 Å². The van der Waals surface area contributed by atoms with E-state index >= 15 is 0 Å². The van der Waals surface area contributed by atoms with E-state index in [4.69, 9.17) is 16.2 Å². The number of morpholine rings is 1. The van der Waals surface area contributed by atoms with Gasteiger partial charge in [-0.3, -0.25) is 4.79 Å². The molecule has 7 nitrogen and oxygen atoms in total. The number of amides is 1. The van der Waals surface area contributed by atoms with Crippen LogP contribution in [0.3, 0.4) is 0 Å². The average molecular weight is 313 g/mol. The molecule has 1 saturated heterocycles.